The van der Waals surface area contributed by atoms with Gasteiger partial charge in [0.2, 0.25) is 0 Å². The van der Waals surface area contributed by atoms with E-state index in [1.165, 1.54) is 3.97 Å². The van der Waals surface area contributed by atoms with E-state index >= 15 is 0 Å². The molecule has 1 aromatic heterocycles. The summed E-state index contributed by atoms with van der Waals surface area (Å²) in [5.74, 6) is 0.432. The van der Waals surface area contributed by atoms with Crippen molar-refractivity contribution in [3.63, 3.8) is 0 Å². The quantitative estimate of drug-likeness (QED) is 0.745. The van der Waals surface area contributed by atoms with Crippen LogP contribution in [0.5, 0.6) is 0 Å². The highest BCUT2D eigenvalue weighted by atomic mass is 32.2. The first-order valence-corrected chi connectivity index (χ1v) is 8.37. The van der Waals surface area contributed by atoms with Crippen molar-refractivity contribution in [2.24, 2.45) is 0 Å². The molecule has 0 aliphatic heterocycles. The van der Waals surface area contributed by atoms with E-state index in [1.807, 2.05) is 36.4 Å². The van der Waals surface area contributed by atoms with Gasteiger partial charge in [-0.3, -0.25) is 0 Å². The summed E-state index contributed by atoms with van der Waals surface area (Å²) in [6.45, 7) is 3.58. The number of imidazole rings is 1. The lowest BCUT2D eigenvalue weighted by Gasteiger charge is -2.11. The number of nitrogens with zero attached hydrogens (tertiary/aromatic N) is 2. The number of benzene rings is 2. The van der Waals surface area contributed by atoms with Gasteiger partial charge in [-0.05, 0) is 25.5 Å². The Labute approximate surface area is 130 Å². The van der Waals surface area contributed by atoms with Gasteiger partial charge in [-0.25, -0.2) is 17.4 Å². The van der Waals surface area contributed by atoms with E-state index in [4.69, 9.17) is 0 Å². The molecule has 0 unspecified atom stereocenters. The van der Waals surface area contributed by atoms with Crippen molar-refractivity contribution in [2.75, 3.05) is 0 Å². The third-order valence-corrected chi connectivity index (χ3v) is 5.27. The predicted molar refractivity (Wildman–Crippen MR) is 86.2 cm³/mol. The third kappa shape index (κ3) is 2.44. The zero-order valence-electron chi connectivity index (χ0n) is 12.4. The monoisotopic (exact) mass is 312 g/mol. The molecule has 5 heteroatoms. The highest BCUT2D eigenvalue weighted by molar-refractivity contribution is 7.90. The van der Waals surface area contributed by atoms with E-state index in [-0.39, 0.29) is 0 Å². The van der Waals surface area contributed by atoms with E-state index in [0.29, 0.717) is 22.0 Å². The van der Waals surface area contributed by atoms with Crippen molar-refractivity contribution in [3.8, 4) is 11.4 Å². The lowest BCUT2D eigenvalue weighted by atomic mass is 10.2. The van der Waals surface area contributed by atoms with Crippen LogP contribution >= 0.6 is 0 Å². The molecular formula is C17H16N2O2S. The van der Waals surface area contributed by atoms with E-state index in [2.05, 4.69) is 4.98 Å². The van der Waals surface area contributed by atoms with Gasteiger partial charge in [-0.15, -0.1) is 0 Å². The molecule has 4 nitrogen and oxygen atoms in total. The first-order valence-electron chi connectivity index (χ1n) is 6.93. The molecule has 1 heterocycles. The number of hydrogen-bond donors (Lipinski definition) is 0. The fraction of sp³-hybridized carbons (Fsp3) is 0.118. The van der Waals surface area contributed by atoms with Crippen molar-refractivity contribution in [3.05, 3.63) is 72.1 Å². The van der Waals surface area contributed by atoms with Gasteiger partial charge >= 0.3 is 0 Å². The Balaban J connectivity index is 2.24. The number of aryl methyl sites for hydroxylation is 2. The molecule has 22 heavy (non-hydrogen) atoms. The molecule has 0 radical (unpaired) electrons. The molecule has 0 amide bonds. The van der Waals surface area contributed by atoms with Gasteiger partial charge in [0.1, 0.15) is 0 Å². The topological polar surface area (TPSA) is 52.0 Å². The minimum absolute atomic E-state index is 0.296. The van der Waals surface area contributed by atoms with Crippen LogP contribution in [0, 0.1) is 13.8 Å². The van der Waals surface area contributed by atoms with Crippen LogP contribution in [0.25, 0.3) is 11.4 Å². The minimum Gasteiger partial charge on any atom is -0.233 e. The summed E-state index contributed by atoms with van der Waals surface area (Å²) in [5, 5.41) is 0. The molecule has 0 aliphatic rings. The summed E-state index contributed by atoms with van der Waals surface area (Å²) >= 11 is 0. The molecule has 0 spiro atoms. The van der Waals surface area contributed by atoms with Gasteiger partial charge in [-0.1, -0.05) is 48.5 Å². The SMILES string of the molecule is Cc1cn(S(=O)(=O)c2ccccc2C)c(-c2ccccc2)n1. The maximum atomic E-state index is 13.0. The molecule has 0 N–H and O–H groups in total. The molecule has 0 bridgehead atoms. The second-order valence-corrected chi connectivity index (χ2v) is 6.92. The average Bonchev–Trinajstić information content (AvgIpc) is 2.91. The van der Waals surface area contributed by atoms with E-state index in [0.717, 1.165) is 5.56 Å². The lowest BCUT2D eigenvalue weighted by Crippen LogP contribution is -2.14. The number of rotatable bonds is 3. The number of hydrogen-bond acceptors (Lipinski definition) is 3. The van der Waals surface area contributed by atoms with Crippen molar-refractivity contribution in [2.45, 2.75) is 18.7 Å². The van der Waals surface area contributed by atoms with Gasteiger partial charge in [0.25, 0.3) is 10.0 Å². The maximum Gasteiger partial charge on any atom is 0.269 e. The van der Waals surface area contributed by atoms with Gasteiger partial charge in [0.15, 0.2) is 5.82 Å². The van der Waals surface area contributed by atoms with Crippen molar-refractivity contribution in [1.29, 1.82) is 0 Å². The average molecular weight is 312 g/mol. The Morgan fingerprint density at radius 3 is 2.23 bits per heavy atom. The van der Waals surface area contributed by atoms with E-state index < -0.39 is 10.0 Å². The van der Waals surface area contributed by atoms with Crippen LogP contribution in [0.4, 0.5) is 0 Å². The Hall–Kier alpha value is -2.40. The summed E-state index contributed by atoms with van der Waals surface area (Å²) in [6.07, 6.45) is 1.56. The second kappa shape index (κ2) is 5.42. The molecule has 3 aromatic rings. The van der Waals surface area contributed by atoms with Gasteiger partial charge in [-0.2, -0.15) is 0 Å². The van der Waals surface area contributed by atoms with Crippen LogP contribution in [-0.2, 0) is 10.0 Å². The first kappa shape index (κ1) is 14.5. The Kier molecular flexibility index (Phi) is 3.58. The van der Waals surface area contributed by atoms with E-state index in [9.17, 15) is 8.42 Å². The fourth-order valence-corrected chi connectivity index (χ4v) is 3.99. The second-order valence-electron chi connectivity index (χ2n) is 5.14. The van der Waals surface area contributed by atoms with Crippen molar-refractivity contribution < 1.29 is 8.42 Å². The summed E-state index contributed by atoms with van der Waals surface area (Å²) < 4.78 is 27.2. The Morgan fingerprint density at radius 1 is 0.909 bits per heavy atom. The molecule has 2 aromatic carbocycles. The highest BCUT2D eigenvalue weighted by Crippen LogP contribution is 2.25. The summed E-state index contributed by atoms with van der Waals surface area (Å²) in [5.41, 5.74) is 2.15. The summed E-state index contributed by atoms with van der Waals surface area (Å²) in [7, 11) is -3.67. The van der Waals surface area contributed by atoms with Crippen molar-refractivity contribution in [1.82, 2.24) is 8.96 Å². The Bertz CT molecular complexity index is 913. The molecule has 112 valence electrons. The minimum atomic E-state index is -3.67. The summed E-state index contributed by atoms with van der Waals surface area (Å²) in [4.78, 5) is 4.68. The molecular weight excluding hydrogens is 296 g/mol. The third-order valence-electron chi connectivity index (χ3n) is 3.46. The van der Waals surface area contributed by atoms with Crippen LogP contribution in [0.1, 0.15) is 11.3 Å². The van der Waals surface area contributed by atoms with Crippen LogP contribution < -0.4 is 0 Å². The number of aromatic nitrogens is 2. The largest absolute Gasteiger partial charge is 0.269 e. The highest BCUT2D eigenvalue weighted by Gasteiger charge is 2.23. The first-order chi connectivity index (χ1) is 10.5. The van der Waals surface area contributed by atoms with Crippen LogP contribution in [0.15, 0.2) is 65.7 Å². The van der Waals surface area contributed by atoms with Crippen LogP contribution in [0.3, 0.4) is 0 Å². The fourth-order valence-electron chi connectivity index (χ4n) is 2.39. The normalized spacial score (nSPS) is 11.5. The van der Waals surface area contributed by atoms with Crippen LogP contribution in [0.2, 0.25) is 0 Å². The molecule has 3 rings (SSSR count). The van der Waals surface area contributed by atoms with Gasteiger partial charge in [0.05, 0.1) is 10.6 Å². The lowest BCUT2D eigenvalue weighted by molar-refractivity contribution is 0.587. The zero-order valence-corrected chi connectivity index (χ0v) is 13.2. The van der Waals surface area contributed by atoms with Gasteiger partial charge in [0, 0.05) is 11.8 Å². The molecule has 0 saturated carbocycles. The van der Waals surface area contributed by atoms with Gasteiger partial charge < -0.3 is 0 Å². The smallest absolute Gasteiger partial charge is 0.233 e. The molecule has 0 aliphatic carbocycles. The summed E-state index contributed by atoms with van der Waals surface area (Å²) in [6, 6.07) is 16.3. The van der Waals surface area contributed by atoms with E-state index in [1.54, 1.807) is 38.2 Å². The zero-order chi connectivity index (χ0) is 15.7. The predicted octanol–water partition coefficient (Wildman–Crippen LogP) is 3.40. The Morgan fingerprint density at radius 2 is 1.55 bits per heavy atom. The molecule has 0 saturated heterocycles. The standard InChI is InChI=1S/C17H16N2O2S/c1-13-8-6-7-11-16(13)22(20,21)19-12-14(2)18-17(19)15-9-4-3-5-10-15/h3-12H,1-2H3. The molecule has 0 atom stereocenters. The maximum absolute atomic E-state index is 13.0. The molecule has 0 fully saturated rings. The van der Waals surface area contributed by atoms with Crippen molar-refractivity contribution >= 4 is 10.0 Å². The van der Waals surface area contributed by atoms with Crippen LogP contribution in [-0.4, -0.2) is 17.4 Å².